The van der Waals surface area contributed by atoms with Gasteiger partial charge in [-0.1, -0.05) is 18.2 Å². The summed E-state index contributed by atoms with van der Waals surface area (Å²) in [6, 6.07) is 9.94. The molecule has 0 bridgehead atoms. The minimum atomic E-state index is 0.572. The van der Waals surface area contributed by atoms with E-state index in [0.717, 1.165) is 16.5 Å². The molecule has 0 saturated heterocycles. The van der Waals surface area contributed by atoms with E-state index in [1.165, 1.54) is 0 Å². The lowest BCUT2D eigenvalue weighted by Crippen LogP contribution is -2.24. The number of amides is 1. The maximum Gasteiger partial charge on any atom is 0.225 e. The number of benzene rings is 1. The number of carbonyl (C=O) groups is 1. The van der Waals surface area contributed by atoms with E-state index in [4.69, 9.17) is 0 Å². The standard InChI is InChI=1S/C12H11N3O/c16-9-15-14-6-5-10-7-11-3-1-2-4-12(11)13-8-10/h1-9,14H,(H,15,16)/b6-5+. The Morgan fingerprint density at radius 3 is 2.94 bits per heavy atom. The van der Waals surface area contributed by atoms with Crippen LogP contribution in [-0.2, 0) is 4.79 Å². The van der Waals surface area contributed by atoms with E-state index < -0.39 is 0 Å². The topological polar surface area (TPSA) is 54.0 Å². The van der Waals surface area contributed by atoms with Crippen molar-refractivity contribution in [3.63, 3.8) is 0 Å². The van der Waals surface area contributed by atoms with E-state index in [-0.39, 0.29) is 0 Å². The number of nitrogens with zero attached hydrogens (tertiary/aromatic N) is 1. The molecule has 0 saturated carbocycles. The van der Waals surface area contributed by atoms with E-state index in [2.05, 4.69) is 15.8 Å². The molecule has 0 aliphatic heterocycles. The highest BCUT2D eigenvalue weighted by Crippen LogP contribution is 2.13. The van der Waals surface area contributed by atoms with E-state index in [1.54, 1.807) is 12.4 Å². The number of fused-ring (bicyclic) bond motifs is 1. The fourth-order valence-electron chi connectivity index (χ4n) is 1.40. The second-order valence-electron chi connectivity index (χ2n) is 3.20. The number of para-hydroxylation sites is 1. The predicted octanol–water partition coefficient (Wildman–Crippen LogP) is 1.46. The summed E-state index contributed by atoms with van der Waals surface area (Å²) in [6.45, 7) is 0. The normalized spacial score (nSPS) is 10.5. The van der Waals surface area contributed by atoms with Gasteiger partial charge in [-0.15, -0.1) is 0 Å². The number of pyridine rings is 1. The maximum atomic E-state index is 9.97. The predicted molar refractivity (Wildman–Crippen MR) is 63.1 cm³/mol. The third-order valence-corrected chi connectivity index (χ3v) is 2.11. The number of hydrazine groups is 1. The lowest BCUT2D eigenvalue weighted by Gasteiger charge is -1.99. The van der Waals surface area contributed by atoms with Crippen LogP contribution in [0.3, 0.4) is 0 Å². The van der Waals surface area contributed by atoms with Crippen molar-refractivity contribution in [3.05, 3.63) is 48.3 Å². The molecule has 0 radical (unpaired) electrons. The lowest BCUT2D eigenvalue weighted by molar-refractivity contribution is -0.110. The van der Waals surface area contributed by atoms with Gasteiger partial charge < -0.3 is 5.43 Å². The third kappa shape index (κ3) is 2.36. The molecule has 2 N–H and O–H groups in total. The average Bonchev–Trinajstić information content (AvgIpc) is 2.34. The first-order valence-electron chi connectivity index (χ1n) is 4.86. The Morgan fingerprint density at radius 2 is 2.06 bits per heavy atom. The van der Waals surface area contributed by atoms with Gasteiger partial charge in [0.25, 0.3) is 0 Å². The molecule has 0 aliphatic rings. The maximum absolute atomic E-state index is 9.97. The summed E-state index contributed by atoms with van der Waals surface area (Å²) in [5, 5.41) is 1.09. The molecule has 0 spiro atoms. The number of carbonyl (C=O) groups excluding carboxylic acids is 1. The molecule has 1 aromatic carbocycles. The minimum absolute atomic E-state index is 0.572. The Bertz CT molecular complexity index is 522. The van der Waals surface area contributed by atoms with Gasteiger partial charge in [0.05, 0.1) is 5.52 Å². The van der Waals surface area contributed by atoms with Crippen LogP contribution in [0.2, 0.25) is 0 Å². The summed E-state index contributed by atoms with van der Waals surface area (Å²) >= 11 is 0. The second kappa shape index (κ2) is 4.93. The highest BCUT2D eigenvalue weighted by atomic mass is 16.1. The van der Waals surface area contributed by atoms with Gasteiger partial charge in [-0.3, -0.25) is 15.2 Å². The number of rotatable bonds is 4. The Kier molecular flexibility index (Phi) is 3.13. The molecule has 1 aromatic heterocycles. The summed E-state index contributed by atoms with van der Waals surface area (Å²) in [4.78, 5) is 14.3. The van der Waals surface area contributed by atoms with Crippen LogP contribution in [0.1, 0.15) is 5.56 Å². The molecule has 1 heterocycles. The van der Waals surface area contributed by atoms with Crippen molar-refractivity contribution < 1.29 is 4.79 Å². The monoisotopic (exact) mass is 213 g/mol. The quantitative estimate of drug-likeness (QED) is 0.459. The molecule has 0 fully saturated rings. The van der Waals surface area contributed by atoms with Crippen molar-refractivity contribution in [1.82, 2.24) is 15.8 Å². The molecule has 4 nitrogen and oxygen atoms in total. The zero-order valence-electron chi connectivity index (χ0n) is 8.55. The summed E-state index contributed by atoms with van der Waals surface area (Å²) in [5.74, 6) is 0. The van der Waals surface area contributed by atoms with Crippen LogP contribution >= 0.6 is 0 Å². The zero-order chi connectivity index (χ0) is 11.2. The summed E-state index contributed by atoms with van der Waals surface area (Å²) in [7, 11) is 0. The van der Waals surface area contributed by atoms with Crippen LogP contribution in [0.5, 0.6) is 0 Å². The molecule has 16 heavy (non-hydrogen) atoms. The molecule has 2 rings (SSSR count). The Labute approximate surface area is 93.0 Å². The van der Waals surface area contributed by atoms with Gasteiger partial charge in [0.15, 0.2) is 0 Å². The van der Waals surface area contributed by atoms with Crippen molar-refractivity contribution in [1.29, 1.82) is 0 Å². The largest absolute Gasteiger partial charge is 0.306 e. The molecule has 2 aromatic rings. The van der Waals surface area contributed by atoms with Crippen LogP contribution in [0, 0.1) is 0 Å². The fraction of sp³-hybridized carbons (Fsp3) is 0. The smallest absolute Gasteiger partial charge is 0.225 e. The zero-order valence-corrected chi connectivity index (χ0v) is 8.55. The van der Waals surface area contributed by atoms with Gasteiger partial charge in [0.1, 0.15) is 0 Å². The first kappa shape index (κ1) is 10.2. The minimum Gasteiger partial charge on any atom is -0.306 e. The first-order chi connectivity index (χ1) is 7.90. The van der Waals surface area contributed by atoms with Crippen LogP contribution in [0.15, 0.2) is 42.7 Å². The van der Waals surface area contributed by atoms with Gasteiger partial charge in [-0.25, -0.2) is 0 Å². The van der Waals surface area contributed by atoms with Crippen LogP contribution in [-0.4, -0.2) is 11.4 Å². The molecular formula is C12H11N3O. The molecule has 1 amide bonds. The van der Waals surface area contributed by atoms with Crippen molar-refractivity contribution in [2.75, 3.05) is 0 Å². The lowest BCUT2D eigenvalue weighted by atomic mass is 10.1. The first-order valence-corrected chi connectivity index (χ1v) is 4.86. The highest BCUT2D eigenvalue weighted by molar-refractivity contribution is 5.80. The van der Waals surface area contributed by atoms with E-state index in [0.29, 0.717) is 6.41 Å². The second-order valence-corrected chi connectivity index (χ2v) is 3.20. The third-order valence-electron chi connectivity index (χ3n) is 2.11. The Balaban J connectivity index is 2.19. The Hall–Kier alpha value is -2.36. The molecule has 0 atom stereocenters. The van der Waals surface area contributed by atoms with Gasteiger partial charge in [-0.2, -0.15) is 0 Å². The molecule has 0 unspecified atom stereocenters. The number of aromatic nitrogens is 1. The number of hydrogen-bond acceptors (Lipinski definition) is 3. The number of hydrogen-bond donors (Lipinski definition) is 2. The van der Waals surface area contributed by atoms with Crippen molar-refractivity contribution >= 4 is 23.4 Å². The van der Waals surface area contributed by atoms with Gasteiger partial charge in [0.2, 0.25) is 6.41 Å². The summed E-state index contributed by atoms with van der Waals surface area (Å²) < 4.78 is 0. The van der Waals surface area contributed by atoms with Gasteiger partial charge >= 0.3 is 0 Å². The summed E-state index contributed by atoms with van der Waals surface area (Å²) in [6.07, 6.45) is 5.82. The van der Waals surface area contributed by atoms with Gasteiger partial charge in [0, 0.05) is 17.8 Å². The van der Waals surface area contributed by atoms with Crippen LogP contribution < -0.4 is 10.9 Å². The Morgan fingerprint density at radius 1 is 1.19 bits per heavy atom. The van der Waals surface area contributed by atoms with Crippen molar-refractivity contribution in [2.24, 2.45) is 0 Å². The molecular weight excluding hydrogens is 202 g/mol. The fourth-order valence-corrected chi connectivity index (χ4v) is 1.40. The van der Waals surface area contributed by atoms with E-state index >= 15 is 0 Å². The molecule has 0 aliphatic carbocycles. The van der Waals surface area contributed by atoms with E-state index in [9.17, 15) is 4.79 Å². The average molecular weight is 213 g/mol. The summed E-state index contributed by atoms with van der Waals surface area (Å²) in [5.41, 5.74) is 6.87. The van der Waals surface area contributed by atoms with Gasteiger partial charge in [-0.05, 0) is 23.8 Å². The van der Waals surface area contributed by atoms with Crippen LogP contribution in [0.25, 0.3) is 17.0 Å². The van der Waals surface area contributed by atoms with Crippen molar-refractivity contribution in [3.8, 4) is 0 Å². The number of nitrogens with one attached hydrogen (secondary N) is 2. The molecule has 80 valence electrons. The highest BCUT2D eigenvalue weighted by Gasteiger charge is 1.93. The van der Waals surface area contributed by atoms with Crippen LogP contribution in [0.4, 0.5) is 0 Å². The van der Waals surface area contributed by atoms with E-state index in [1.807, 2.05) is 36.4 Å². The SMILES string of the molecule is O=CNN/C=C/c1cnc2ccccc2c1. The van der Waals surface area contributed by atoms with Crippen molar-refractivity contribution in [2.45, 2.75) is 0 Å². The molecule has 4 heteroatoms.